The highest BCUT2D eigenvalue weighted by Gasteiger charge is 2.03. The molecule has 0 atom stereocenters. The van der Waals surface area contributed by atoms with Gasteiger partial charge in [-0.1, -0.05) is 33.6 Å². The standard InChI is InChI=1S/C12H13BrN2/c1-9-3-4-12(10(2)7-9)15-6-5-11(8-13)14-15/h3-7H,8H2,1-2H3. The Hall–Kier alpha value is -1.09. The monoisotopic (exact) mass is 264 g/mol. The molecule has 0 aliphatic rings. The zero-order chi connectivity index (χ0) is 10.8. The molecule has 0 unspecified atom stereocenters. The van der Waals surface area contributed by atoms with Gasteiger partial charge in [0.1, 0.15) is 0 Å². The third-order valence-electron chi connectivity index (χ3n) is 2.38. The summed E-state index contributed by atoms with van der Waals surface area (Å²) in [5.74, 6) is 0. The average Bonchev–Trinajstić information content (AvgIpc) is 2.66. The predicted molar refractivity (Wildman–Crippen MR) is 65.7 cm³/mol. The van der Waals surface area contributed by atoms with Gasteiger partial charge >= 0.3 is 0 Å². The van der Waals surface area contributed by atoms with Crippen molar-refractivity contribution in [1.82, 2.24) is 9.78 Å². The van der Waals surface area contributed by atoms with Crippen molar-refractivity contribution in [2.75, 3.05) is 0 Å². The molecule has 0 saturated heterocycles. The smallest absolute Gasteiger partial charge is 0.0734 e. The van der Waals surface area contributed by atoms with Gasteiger partial charge in [0.25, 0.3) is 0 Å². The van der Waals surface area contributed by atoms with Crippen LogP contribution in [-0.4, -0.2) is 9.78 Å². The van der Waals surface area contributed by atoms with Crippen LogP contribution in [0.4, 0.5) is 0 Å². The van der Waals surface area contributed by atoms with Crippen molar-refractivity contribution >= 4 is 15.9 Å². The van der Waals surface area contributed by atoms with Crippen LogP contribution in [0, 0.1) is 13.8 Å². The molecule has 78 valence electrons. The van der Waals surface area contributed by atoms with Crippen LogP contribution < -0.4 is 0 Å². The lowest BCUT2D eigenvalue weighted by Gasteiger charge is -2.06. The molecule has 0 aliphatic heterocycles. The first-order chi connectivity index (χ1) is 7.20. The van der Waals surface area contributed by atoms with E-state index in [0.717, 1.165) is 16.7 Å². The Morgan fingerprint density at radius 1 is 1.27 bits per heavy atom. The molecule has 2 rings (SSSR count). The predicted octanol–water partition coefficient (Wildman–Crippen LogP) is 3.38. The van der Waals surface area contributed by atoms with E-state index < -0.39 is 0 Å². The summed E-state index contributed by atoms with van der Waals surface area (Å²) in [5.41, 5.74) is 4.73. The van der Waals surface area contributed by atoms with E-state index in [1.807, 2.05) is 16.9 Å². The molecule has 15 heavy (non-hydrogen) atoms. The average molecular weight is 265 g/mol. The molecule has 2 aromatic rings. The molecule has 0 bridgehead atoms. The van der Waals surface area contributed by atoms with E-state index in [1.165, 1.54) is 11.1 Å². The lowest BCUT2D eigenvalue weighted by atomic mass is 10.1. The Bertz CT molecular complexity index is 474. The maximum absolute atomic E-state index is 4.46. The molecule has 0 amide bonds. The van der Waals surface area contributed by atoms with Crippen LogP contribution >= 0.6 is 15.9 Å². The second kappa shape index (κ2) is 4.19. The van der Waals surface area contributed by atoms with E-state index in [-0.39, 0.29) is 0 Å². The van der Waals surface area contributed by atoms with E-state index >= 15 is 0 Å². The quantitative estimate of drug-likeness (QED) is 0.761. The third kappa shape index (κ3) is 2.12. The number of aryl methyl sites for hydroxylation is 2. The van der Waals surface area contributed by atoms with Gasteiger partial charge in [0.2, 0.25) is 0 Å². The molecule has 1 aromatic carbocycles. The van der Waals surface area contributed by atoms with Crippen molar-refractivity contribution in [2.45, 2.75) is 19.2 Å². The summed E-state index contributed by atoms with van der Waals surface area (Å²) < 4.78 is 1.92. The fraction of sp³-hybridized carbons (Fsp3) is 0.250. The van der Waals surface area contributed by atoms with E-state index in [9.17, 15) is 0 Å². The summed E-state index contributed by atoms with van der Waals surface area (Å²) in [5, 5.41) is 5.26. The Labute approximate surface area is 98.1 Å². The Kier molecular flexibility index (Phi) is 2.91. The van der Waals surface area contributed by atoms with E-state index in [1.54, 1.807) is 0 Å². The minimum Gasteiger partial charge on any atom is -0.240 e. The minimum atomic E-state index is 0.797. The van der Waals surface area contributed by atoms with Gasteiger partial charge in [-0.2, -0.15) is 5.10 Å². The number of alkyl halides is 1. The number of hydrogen-bond donors (Lipinski definition) is 0. The third-order valence-corrected chi connectivity index (χ3v) is 2.95. The molecule has 1 aromatic heterocycles. The van der Waals surface area contributed by atoms with E-state index in [0.29, 0.717) is 0 Å². The zero-order valence-electron chi connectivity index (χ0n) is 8.87. The van der Waals surface area contributed by atoms with Crippen LogP contribution in [0.15, 0.2) is 30.5 Å². The van der Waals surface area contributed by atoms with Crippen molar-refractivity contribution in [2.24, 2.45) is 0 Å². The van der Waals surface area contributed by atoms with Gasteiger partial charge in [0, 0.05) is 11.5 Å². The van der Waals surface area contributed by atoms with Crippen molar-refractivity contribution < 1.29 is 0 Å². The normalized spacial score (nSPS) is 10.6. The van der Waals surface area contributed by atoms with Gasteiger partial charge in [0.15, 0.2) is 0 Å². The van der Waals surface area contributed by atoms with Crippen LogP contribution in [0.2, 0.25) is 0 Å². The van der Waals surface area contributed by atoms with Gasteiger partial charge < -0.3 is 0 Å². The molecule has 0 fully saturated rings. The highest BCUT2D eigenvalue weighted by Crippen LogP contribution is 2.15. The number of nitrogens with zero attached hydrogens (tertiary/aromatic N) is 2. The second-order valence-electron chi connectivity index (χ2n) is 3.68. The van der Waals surface area contributed by atoms with Crippen LogP contribution in [0.25, 0.3) is 5.69 Å². The molecule has 0 radical (unpaired) electrons. The number of rotatable bonds is 2. The van der Waals surface area contributed by atoms with Crippen molar-refractivity contribution in [3.63, 3.8) is 0 Å². The topological polar surface area (TPSA) is 17.8 Å². The largest absolute Gasteiger partial charge is 0.240 e. The molecule has 0 spiro atoms. The number of hydrogen-bond acceptors (Lipinski definition) is 1. The highest BCUT2D eigenvalue weighted by molar-refractivity contribution is 9.08. The van der Waals surface area contributed by atoms with Crippen LogP contribution in [-0.2, 0) is 5.33 Å². The SMILES string of the molecule is Cc1ccc(-n2ccc(CBr)n2)c(C)c1. The maximum Gasteiger partial charge on any atom is 0.0734 e. The zero-order valence-corrected chi connectivity index (χ0v) is 10.5. The minimum absolute atomic E-state index is 0.797. The summed E-state index contributed by atoms with van der Waals surface area (Å²) in [6.45, 7) is 4.21. The molecule has 1 heterocycles. The first kappa shape index (κ1) is 10.4. The summed E-state index contributed by atoms with van der Waals surface area (Å²) in [6.07, 6.45) is 1.99. The van der Waals surface area contributed by atoms with Crippen molar-refractivity contribution in [3.05, 3.63) is 47.3 Å². The van der Waals surface area contributed by atoms with Crippen LogP contribution in [0.3, 0.4) is 0 Å². The maximum atomic E-state index is 4.46. The summed E-state index contributed by atoms with van der Waals surface area (Å²) in [7, 11) is 0. The van der Waals surface area contributed by atoms with Gasteiger partial charge in [-0.05, 0) is 31.5 Å². The van der Waals surface area contributed by atoms with Gasteiger partial charge in [-0.25, -0.2) is 4.68 Å². The summed E-state index contributed by atoms with van der Waals surface area (Å²) >= 11 is 3.40. The van der Waals surface area contributed by atoms with E-state index in [2.05, 4.69) is 53.1 Å². The fourth-order valence-electron chi connectivity index (χ4n) is 1.63. The molecule has 2 nitrogen and oxygen atoms in total. The summed E-state index contributed by atoms with van der Waals surface area (Å²) in [4.78, 5) is 0. The first-order valence-corrected chi connectivity index (χ1v) is 6.01. The van der Waals surface area contributed by atoms with Gasteiger partial charge in [-0.15, -0.1) is 0 Å². The summed E-state index contributed by atoms with van der Waals surface area (Å²) in [6, 6.07) is 8.41. The van der Waals surface area contributed by atoms with Crippen molar-refractivity contribution in [3.8, 4) is 5.69 Å². The first-order valence-electron chi connectivity index (χ1n) is 4.89. The number of halogens is 1. The molecule has 0 N–H and O–H groups in total. The van der Waals surface area contributed by atoms with E-state index in [4.69, 9.17) is 0 Å². The fourth-order valence-corrected chi connectivity index (χ4v) is 1.93. The van der Waals surface area contributed by atoms with Crippen LogP contribution in [0.5, 0.6) is 0 Å². The van der Waals surface area contributed by atoms with Crippen LogP contribution in [0.1, 0.15) is 16.8 Å². The van der Waals surface area contributed by atoms with Gasteiger partial charge in [0.05, 0.1) is 11.4 Å². The molecule has 3 heteroatoms. The Morgan fingerprint density at radius 2 is 2.07 bits per heavy atom. The lowest BCUT2D eigenvalue weighted by molar-refractivity contribution is 0.853. The molecule has 0 saturated carbocycles. The number of benzene rings is 1. The molecule has 0 aliphatic carbocycles. The van der Waals surface area contributed by atoms with Crippen molar-refractivity contribution in [1.29, 1.82) is 0 Å². The highest BCUT2D eigenvalue weighted by atomic mass is 79.9. The Balaban J connectivity index is 2.44. The number of aromatic nitrogens is 2. The molecular weight excluding hydrogens is 252 g/mol. The second-order valence-corrected chi connectivity index (χ2v) is 4.24. The Morgan fingerprint density at radius 3 is 2.67 bits per heavy atom. The van der Waals surface area contributed by atoms with Gasteiger partial charge in [-0.3, -0.25) is 0 Å². The lowest BCUT2D eigenvalue weighted by Crippen LogP contribution is -1.98. The molecular formula is C12H13BrN2.